The van der Waals surface area contributed by atoms with Crippen molar-refractivity contribution in [3.8, 4) is 11.4 Å². The van der Waals surface area contributed by atoms with Crippen molar-refractivity contribution in [3.63, 3.8) is 0 Å². The minimum absolute atomic E-state index is 0.0390. The van der Waals surface area contributed by atoms with Gasteiger partial charge in [-0.3, -0.25) is 9.36 Å². The summed E-state index contributed by atoms with van der Waals surface area (Å²) in [6, 6.07) is 6.46. The van der Waals surface area contributed by atoms with Crippen molar-refractivity contribution < 1.29 is 13.2 Å². The second-order valence-electron chi connectivity index (χ2n) is 10.7. The summed E-state index contributed by atoms with van der Waals surface area (Å²) in [5.74, 6) is 1.08. The van der Waals surface area contributed by atoms with E-state index in [0.717, 1.165) is 54.6 Å². The lowest BCUT2D eigenvalue weighted by molar-refractivity contribution is 0.0751. The third kappa shape index (κ3) is 5.21. The van der Waals surface area contributed by atoms with E-state index in [-0.39, 0.29) is 34.2 Å². The van der Waals surface area contributed by atoms with E-state index in [1.54, 1.807) is 55.4 Å². The first-order valence-electron chi connectivity index (χ1n) is 14.0. The molecule has 0 spiro atoms. The SMILES string of the molecule is CCS(=O)(=O)c1ccc(CNc2nc3cnc(-c4c(C)ncnc4C4CC4)nc3n([C@H]3CCC[C@@H]3OC)c2=O)cc1. The molecule has 0 aliphatic heterocycles. The molecule has 0 bridgehead atoms. The number of hydrogen-bond donors (Lipinski definition) is 1. The molecular formula is C29H33N7O4S. The van der Waals surface area contributed by atoms with Gasteiger partial charge in [0.05, 0.1) is 45.9 Å². The molecule has 4 aromatic rings. The number of sulfone groups is 1. The predicted molar refractivity (Wildman–Crippen MR) is 155 cm³/mol. The van der Waals surface area contributed by atoms with Crippen molar-refractivity contribution in [1.82, 2.24) is 29.5 Å². The highest BCUT2D eigenvalue weighted by Gasteiger charge is 2.33. The summed E-state index contributed by atoms with van der Waals surface area (Å²) in [4.78, 5) is 37.4. The van der Waals surface area contributed by atoms with Gasteiger partial charge in [-0.2, -0.15) is 0 Å². The molecule has 0 saturated heterocycles. The fraction of sp³-hybridized carbons (Fsp3) is 0.448. The first kappa shape index (κ1) is 27.4. The first-order valence-corrected chi connectivity index (χ1v) is 15.7. The number of methoxy groups -OCH3 is 1. The van der Waals surface area contributed by atoms with Crippen molar-refractivity contribution in [3.05, 3.63) is 64.1 Å². The minimum atomic E-state index is -3.29. The van der Waals surface area contributed by atoms with Crippen molar-refractivity contribution >= 4 is 26.8 Å². The van der Waals surface area contributed by atoms with Gasteiger partial charge < -0.3 is 10.1 Å². The summed E-state index contributed by atoms with van der Waals surface area (Å²) in [5.41, 5.74) is 4.05. The first-order chi connectivity index (χ1) is 19.8. The maximum absolute atomic E-state index is 14.0. The van der Waals surface area contributed by atoms with Gasteiger partial charge in [0, 0.05) is 19.6 Å². The molecule has 3 aromatic heterocycles. The lowest BCUT2D eigenvalue weighted by Gasteiger charge is -2.23. The number of nitrogens with one attached hydrogen (secondary N) is 1. The molecule has 0 unspecified atom stereocenters. The van der Waals surface area contributed by atoms with Crippen LogP contribution in [-0.4, -0.2) is 56.9 Å². The molecule has 11 nitrogen and oxygen atoms in total. The van der Waals surface area contributed by atoms with Crippen LogP contribution in [0.1, 0.15) is 67.9 Å². The molecule has 2 fully saturated rings. The molecule has 12 heteroatoms. The van der Waals surface area contributed by atoms with E-state index in [0.29, 0.717) is 29.5 Å². The van der Waals surface area contributed by atoms with Crippen LogP contribution in [0.25, 0.3) is 22.6 Å². The molecule has 3 heterocycles. The van der Waals surface area contributed by atoms with Crippen LogP contribution >= 0.6 is 0 Å². The standard InChI is InChI=1S/C29H33N7O4S/c1-4-41(38,39)20-12-8-18(9-13-20)14-30-27-29(37)36(22-6-5-7-23(22)40-3)28-21(34-27)15-31-26(35-28)24-17(2)32-16-33-25(24)19-10-11-19/h8-9,12-13,15-16,19,22-23H,4-7,10-11,14H2,1-3H3,(H,30,34)/t22-,23-/m0/s1. The van der Waals surface area contributed by atoms with E-state index in [4.69, 9.17) is 9.72 Å². The molecule has 0 amide bonds. The van der Waals surface area contributed by atoms with Crippen LogP contribution in [0.5, 0.6) is 0 Å². The fourth-order valence-corrected chi connectivity index (χ4v) is 6.51. The molecule has 214 valence electrons. The van der Waals surface area contributed by atoms with Crippen molar-refractivity contribution in [1.29, 1.82) is 0 Å². The Hall–Kier alpha value is -3.77. The Bertz CT molecular complexity index is 1770. The van der Waals surface area contributed by atoms with Crippen LogP contribution < -0.4 is 10.9 Å². The number of aryl methyl sites for hydroxylation is 1. The third-order valence-corrected chi connectivity index (χ3v) is 9.81. The van der Waals surface area contributed by atoms with Crippen LogP contribution in [0.4, 0.5) is 5.82 Å². The minimum Gasteiger partial charge on any atom is -0.379 e. The van der Waals surface area contributed by atoms with Gasteiger partial charge in [0.1, 0.15) is 11.8 Å². The molecule has 0 radical (unpaired) electrons. The maximum atomic E-state index is 14.0. The summed E-state index contributed by atoms with van der Waals surface area (Å²) in [5, 5.41) is 3.17. The predicted octanol–water partition coefficient (Wildman–Crippen LogP) is 3.98. The lowest BCUT2D eigenvalue weighted by Crippen LogP contribution is -2.33. The highest BCUT2D eigenvalue weighted by atomic mass is 32.2. The van der Waals surface area contributed by atoms with Crippen LogP contribution in [0, 0.1) is 6.92 Å². The Morgan fingerprint density at radius 2 is 1.83 bits per heavy atom. The van der Waals surface area contributed by atoms with Crippen molar-refractivity contribution in [2.75, 3.05) is 18.2 Å². The largest absolute Gasteiger partial charge is 0.379 e. The van der Waals surface area contributed by atoms with Gasteiger partial charge in [-0.25, -0.2) is 33.3 Å². The topological polar surface area (TPSA) is 142 Å². The lowest BCUT2D eigenvalue weighted by atomic mass is 10.1. The van der Waals surface area contributed by atoms with E-state index < -0.39 is 9.84 Å². The molecule has 1 N–H and O–H groups in total. The van der Waals surface area contributed by atoms with Gasteiger partial charge >= 0.3 is 0 Å². The van der Waals surface area contributed by atoms with Crippen LogP contribution in [-0.2, 0) is 21.1 Å². The summed E-state index contributed by atoms with van der Waals surface area (Å²) < 4.78 is 31.8. The van der Waals surface area contributed by atoms with Gasteiger partial charge in [-0.15, -0.1) is 0 Å². The average Bonchev–Trinajstić information content (AvgIpc) is 3.73. The van der Waals surface area contributed by atoms with Crippen molar-refractivity contribution in [2.24, 2.45) is 0 Å². The fourth-order valence-electron chi connectivity index (χ4n) is 5.62. The number of anilines is 1. The highest BCUT2D eigenvalue weighted by molar-refractivity contribution is 7.91. The molecule has 41 heavy (non-hydrogen) atoms. The Morgan fingerprint density at radius 1 is 1.05 bits per heavy atom. The van der Waals surface area contributed by atoms with Crippen LogP contribution in [0.15, 0.2) is 46.5 Å². The maximum Gasteiger partial charge on any atom is 0.295 e. The molecule has 2 atom stereocenters. The number of fused-ring (bicyclic) bond motifs is 1. The summed E-state index contributed by atoms with van der Waals surface area (Å²) >= 11 is 0. The van der Waals surface area contributed by atoms with Gasteiger partial charge in [0.25, 0.3) is 5.56 Å². The average molecular weight is 576 g/mol. The zero-order valence-electron chi connectivity index (χ0n) is 23.4. The highest BCUT2D eigenvalue weighted by Crippen LogP contribution is 2.43. The van der Waals surface area contributed by atoms with Gasteiger partial charge in [0.15, 0.2) is 27.1 Å². The van der Waals surface area contributed by atoms with E-state index in [2.05, 4.69) is 25.3 Å². The molecule has 1 aromatic carbocycles. The van der Waals surface area contributed by atoms with E-state index >= 15 is 0 Å². The second-order valence-corrected chi connectivity index (χ2v) is 13.0. The summed E-state index contributed by atoms with van der Waals surface area (Å²) in [7, 11) is -1.61. The van der Waals surface area contributed by atoms with Crippen molar-refractivity contribution in [2.45, 2.75) is 75.5 Å². The number of hydrogen-bond acceptors (Lipinski definition) is 10. The van der Waals surface area contributed by atoms with Crippen LogP contribution in [0.3, 0.4) is 0 Å². The zero-order valence-corrected chi connectivity index (χ0v) is 24.2. The van der Waals surface area contributed by atoms with Gasteiger partial charge in [0.2, 0.25) is 0 Å². The van der Waals surface area contributed by atoms with Gasteiger partial charge in [-0.05, 0) is 56.7 Å². The number of ether oxygens (including phenoxy) is 1. The number of aromatic nitrogens is 6. The third-order valence-electron chi connectivity index (χ3n) is 8.06. The Balaban J connectivity index is 1.41. The van der Waals surface area contributed by atoms with Crippen LogP contribution in [0.2, 0.25) is 0 Å². The quantitative estimate of drug-likeness (QED) is 0.311. The normalized spacial score (nSPS) is 19.1. The van der Waals surface area contributed by atoms with E-state index in [1.165, 1.54) is 0 Å². The summed E-state index contributed by atoms with van der Waals surface area (Å²) in [6.07, 6.45) is 7.84. The van der Waals surface area contributed by atoms with Gasteiger partial charge in [-0.1, -0.05) is 19.1 Å². The number of nitrogens with zero attached hydrogens (tertiary/aromatic N) is 6. The molecular weight excluding hydrogens is 542 g/mol. The van der Waals surface area contributed by atoms with E-state index in [1.807, 2.05) is 6.92 Å². The Morgan fingerprint density at radius 3 is 2.54 bits per heavy atom. The monoisotopic (exact) mass is 575 g/mol. The Labute approximate surface area is 238 Å². The molecule has 6 rings (SSSR count). The molecule has 2 saturated carbocycles. The smallest absolute Gasteiger partial charge is 0.295 e. The Kier molecular flexibility index (Phi) is 7.28. The van der Waals surface area contributed by atoms with E-state index in [9.17, 15) is 13.2 Å². The molecule has 2 aliphatic rings. The second kappa shape index (κ2) is 10.9. The zero-order chi connectivity index (χ0) is 28.7. The summed E-state index contributed by atoms with van der Waals surface area (Å²) in [6.45, 7) is 3.84. The molecule has 2 aliphatic carbocycles. The number of rotatable bonds is 9. The number of benzene rings is 1.